The molecule has 1 aromatic rings. The van der Waals surface area contributed by atoms with Gasteiger partial charge in [-0.25, -0.2) is 0 Å². The predicted octanol–water partition coefficient (Wildman–Crippen LogP) is 0.763. The van der Waals surface area contributed by atoms with E-state index in [1.807, 2.05) is 18.2 Å². The molecule has 0 aromatic heterocycles. The molecule has 1 fully saturated rings. The Morgan fingerprint density at radius 1 is 1.33 bits per heavy atom. The van der Waals surface area contributed by atoms with Crippen LogP contribution in [0.3, 0.4) is 0 Å². The van der Waals surface area contributed by atoms with Crippen LogP contribution in [0.15, 0.2) is 18.2 Å². The molecular formula is C13H18N2O3. The first-order valence-corrected chi connectivity index (χ1v) is 5.88. The van der Waals surface area contributed by atoms with Crippen molar-refractivity contribution in [2.75, 3.05) is 20.8 Å². The molecule has 0 aliphatic carbocycles. The molecule has 0 bridgehead atoms. The number of amides is 1. The lowest BCUT2D eigenvalue weighted by Crippen LogP contribution is -2.27. The van der Waals surface area contributed by atoms with Crippen molar-refractivity contribution in [2.45, 2.75) is 19.0 Å². The molecule has 1 amide bonds. The topological polar surface area (TPSA) is 64.8 Å². The molecule has 18 heavy (non-hydrogen) atoms. The summed E-state index contributed by atoms with van der Waals surface area (Å²) >= 11 is 0. The Hall–Kier alpha value is -1.75. The molecular weight excluding hydrogens is 232 g/mol. The van der Waals surface area contributed by atoms with E-state index in [0.717, 1.165) is 5.56 Å². The third-order valence-electron chi connectivity index (χ3n) is 3.07. The van der Waals surface area contributed by atoms with Gasteiger partial charge in [-0.2, -0.15) is 0 Å². The second-order valence-corrected chi connectivity index (χ2v) is 4.43. The number of methoxy groups -OCH3 is 2. The van der Waals surface area contributed by atoms with E-state index in [-0.39, 0.29) is 11.9 Å². The SMILES string of the molecule is COc1ccc(CN2CC(N)CC2=O)cc1OC. The highest BCUT2D eigenvalue weighted by atomic mass is 16.5. The van der Waals surface area contributed by atoms with Crippen LogP contribution in [0.1, 0.15) is 12.0 Å². The number of nitrogens with two attached hydrogens (primary N) is 1. The monoisotopic (exact) mass is 250 g/mol. The van der Waals surface area contributed by atoms with Gasteiger partial charge in [-0.15, -0.1) is 0 Å². The first-order valence-electron chi connectivity index (χ1n) is 5.88. The van der Waals surface area contributed by atoms with Crippen LogP contribution < -0.4 is 15.2 Å². The van der Waals surface area contributed by atoms with Gasteiger partial charge >= 0.3 is 0 Å². The van der Waals surface area contributed by atoms with E-state index in [9.17, 15) is 4.79 Å². The normalized spacial score (nSPS) is 19.2. The highest BCUT2D eigenvalue weighted by Crippen LogP contribution is 2.28. The second kappa shape index (κ2) is 5.27. The number of rotatable bonds is 4. The van der Waals surface area contributed by atoms with Crippen molar-refractivity contribution in [2.24, 2.45) is 5.73 Å². The van der Waals surface area contributed by atoms with Gasteiger partial charge in [0.05, 0.1) is 14.2 Å². The molecule has 1 aliphatic heterocycles. The van der Waals surface area contributed by atoms with Crippen LogP contribution in [-0.2, 0) is 11.3 Å². The molecule has 2 N–H and O–H groups in total. The maximum Gasteiger partial charge on any atom is 0.224 e. The summed E-state index contributed by atoms with van der Waals surface area (Å²) in [6.45, 7) is 1.18. The lowest BCUT2D eigenvalue weighted by atomic mass is 10.2. The van der Waals surface area contributed by atoms with E-state index in [0.29, 0.717) is 31.0 Å². The Balaban J connectivity index is 2.12. The van der Waals surface area contributed by atoms with Crippen molar-refractivity contribution in [1.82, 2.24) is 4.90 Å². The fourth-order valence-electron chi connectivity index (χ4n) is 2.15. The Bertz CT molecular complexity index is 448. The van der Waals surface area contributed by atoms with E-state index in [1.165, 1.54) is 0 Å². The van der Waals surface area contributed by atoms with Crippen molar-refractivity contribution in [3.8, 4) is 11.5 Å². The third-order valence-corrected chi connectivity index (χ3v) is 3.07. The number of likely N-dealkylation sites (tertiary alicyclic amines) is 1. The van der Waals surface area contributed by atoms with Crippen LogP contribution in [-0.4, -0.2) is 37.6 Å². The zero-order valence-corrected chi connectivity index (χ0v) is 10.7. The largest absolute Gasteiger partial charge is 0.493 e. The summed E-state index contributed by atoms with van der Waals surface area (Å²) in [5.41, 5.74) is 6.77. The average Bonchev–Trinajstić information content (AvgIpc) is 2.67. The molecule has 0 radical (unpaired) electrons. The number of hydrogen-bond donors (Lipinski definition) is 1. The number of carbonyl (C=O) groups is 1. The molecule has 1 saturated heterocycles. The van der Waals surface area contributed by atoms with Gasteiger partial charge in [0.1, 0.15) is 0 Å². The Labute approximate surface area is 106 Å². The average molecular weight is 250 g/mol. The minimum absolute atomic E-state index is 0.0438. The second-order valence-electron chi connectivity index (χ2n) is 4.43. The van der Waals surface area contributed by atoms with Crippen LogP contribution in [0.2, 0.25) is 0 Å². The zero-order valence-electron chi connectivity index (χ0n) is 10.7. The van der Waals surface area contributed by atoms with Gasteiger partial charge in [0, 0.05) is 25.6 Å². The van der Waals surface area contributed by atoms with Crippen molar-refractivity contribution in [3.05, 3.63) is 23.8 Å². The zero-order chi connectivity index (χ0) is 13.1. The first-order chi connectivity index (χ1) is 8.63. The minimum atomic E-state index is -0.0438. The van der Waals surface area contributed by atoms with Crippen molar-refractivity contribution < 1.29 is 14.3 Å². The van der Waals surface area contributed by atoms with Gasteiger partial charge < -0.3 is 20.1 Å². The van der Waals surface area contributed by atoms with E-state index < -0.39 is 0 Å². The maximum atomic E-state index is 11.7. The molecule has 5 nitrogen and oxygen atoms in total. The maximum absolute atomic E-state index is 11.7. The van der Waals surface area contributed by atoms with E-state index >= 15 is 0 Å². The molecule has 5 heteroatoms. The van der Waals surface area contributed by atoms with Crippen LogP contribution in [0.25, 0.3) is 0 Å². The van der Waals surface area contributed by atoms with Crippen molar-refractivity contribution in [1.29, 1.82) is 0 Å². The molecule has 1 heterocycles. The molecule has 1 aliphatic rings. The molecule has 98 valence electrons. The van der Waals surface area contributed by atoms with Gasteiger partial charge in [0.2, 0.25) is 5.91 Å². The lowest BCUT2D eigenvalue weighted by Gasteiger charge is -2.17. The molecule has 1 atom stereocenters. The van der Waals surface area contributed by atoms with Gasteiger partial charge in [-0.05, 0) is 17.7 Å². The van der Waals surface area contributed by atoms with Crippen LogP contribution in [0.5, 0.6) is 11.5 Å². The summed E-state index contributed by atoms with van der Waals surface area (Å²) in [5.74, 6) is 1.47. The fourth-order valence-corrected chi connectivity index (χ4v) is 2.15. The highest BCUT2D eigenvalue weighted by molar-refractivity contribution is 5.79. The summed E-state index contributed by atoms with van der Waals surface area (Å²) in [7, 11) is 3.19. The Morgan fingerprint density at radius 3 is 2.61 bits per heavy atom. The lowest BCUT2D eigenvalue weighted by molar-refractivity contribution is -0.128. The Kier molecular flexibility index (Phi) is 3.72. The van der Waals surface area contributed by atoms with Crippen molar-refractivity contribution >= 4 is 5.91 Å². The molecule has 0 spiro atoms. The summed E-state index contributed by atoms with van der Waals surface area (Å²) < 4.78 is 10.4. The summed E-state index contributed by atoms with van der Waals surface area (Å²) in [5, 5.41) is 0. The first kappa shape index (κ1) is 12.7. The minimum Gasteiger partial charge on any atom is -0.493 e. The highest BCUT2D eigenvalue weighted by Gasteiger charge is 2.26. The van der Waals surface area contributed by atoms with Gasteiger partial charge in [-0.3, -0.25) is 4.79 Å². The van der Waals surface area contributed by atoms with E-state index in [1.54, 1.807) is 19.1 Å². The molecule has 1 aromatic carbocycles. The van der Waals surface area contributed by atoms with Crippen LogP contribution >= 0.6 is 0 Å². The van der Waals surface area contributed by atoms with E-state index in [4.69, 9.17) is 15.2 Å². The van der Waals surface area contributed by atoms with Crippen LogP contribution in [0.4, 0.5) is 0 Å². The number of nitrogens with zero attached hydrogens (tertiary/aromatic N) is 1. The standard InChI is InChI=1S/C13H18N2O3/c1-17-11-4-3-9(5-12(11)18-2)7-15-8-10(14)6-13(15)16/h3-5,10H,6-8,14H2,1-2H3. The number of benzene rings is 1. The summed E-state index contributed by atoms with van der Waals surface area (Å²) in [6, 6.07) is 5.61. The van der Waals surface area contributed by atoms with Crippen molar-refractivity contribution in [3.63, 3.8) is 0 Å². The summed E-state index contributed by atoms with van der Waals surface area (Å²) in [4.78, 5) is 13.4. The molecule has 2 rings (SSSR count). The predicted molar refractivity (Wildman–Crippen MR) is 67.6 cm³/mol. The molecule has 0 saturated carbocycles. The smallest absolute Gasteiger partial charge is 0.224 e. The third kappa shape index (κ3) is 2.56. The van der Waals surface area contributed by atoms with Crippen LogP contribution in [0, 0.1) is 0 Å². The Morgan fingerprint density at radius 2 is 2.06 bits per heavy atom. The van der Waals surface area contributed by atoms with Gasteiger partial charge in [-0.1, -0.05) is 6.07 Å². The number of ether oxygens (including phenoxy) is 2. The molecule has 1 unspecified atom stereocenters. The van der Waals surface area contributed by atoms with Gasteiger partial charge in [0.25, 0.3) is 0 Å². The van der Waals surface area contributed by atoms with E-state index in [2.05, 4.69) is 0 Å². The number of carbonyl (C=O) groups excluding carboxylic acids is 1. The summed E-state index contributed by atoms with van der Waals surface area (Å²) in [6.07, 6.45) is 0.438. The number of hydrogen-bond acceptors (Lipinski definition) is 4. The fraction of sp³-hybridized carbons (Fsp3) is 0.462. The van der Waals surface area contributed by atoms with Gasteiger partial charge in [0.15, 0.2) is 11.5 Å². The quantitative estimate of drug-likeness (QED) is 0.857.